The molecule has 0 aliphatic carbocycles. The van der Waals surface area contributed by atoms with Crippen LogP contribution in [0.1, 0.15) is 28.9 Å². The quantitative estimate of drug-likeness (QED) is 0.716. The lowest BCUT2D eigenvalue weighted by Crippen LogP contribution is -2.26. The number of amides is 1. The highest BCUT2D eigenvalue weighted by atomic mass is 32.2. The average molecular weight is 370 g/mol. The van der Waals surface area contributed by atoms with Crippen molar-refractivity contribution in [2.24, 2.45) is 5.14 Å². The van der Waals surface area contributed by atoms with Crippen LogP contribution in [0.5, 0.6) is 0 Å². The molecule has 8 heteroatoms. The van der Waals surface area contributed by atoms with Crippen LogP contribution in [0.2, 0.25) is 0 Å². The Balaban J connectivity index is 1.69. The summed E-state index contributed by atoms with van der Waals surface area (Å²) >= 11 is 0. The molecule has 0 saturated carbocycles. The highest BCUT2D eigenvalue weighted by molar-refractivity contribution is 7.89. The van der Waals surface area contributed by atoms with Crippen molar-refractivity contribution in [2.75, 3.05) is 0 Å². The molecule has 0 aliphatic rings. The number of rotatable bonds is 5. The van der Waals surface area contributed by atoms with Crippen LogP contribution in [0.4, 0.5) is 0 Å². The van der Waals surface area contributed by atoms with E-state index in [-0.39, 0.29) is 16.8 Å². The first-order valence-corrected chi connectivity index (χ1v) is 9.41. The summed E-state index contributed by atoms with van der Waals surface area (Å²) in [5, 5.41) is 7.97. The fraction of sp³-hybridized carbons (Fsp3) is 0.111. The van der Waals surface area contributed by atoms with E-state index in [1.54, 1.807) is 36.8 Å². The second kappa shape index (κ2) is 7.11. The van der Waals surface area contributed by atoms with Crippen molar-refractivity contribution in [1.82, 2.24) is 14.9 Å². The van der Waals surface area contributed by atoms with Gasteiger partial charge < -0.3 is 9.88 Å². The number of carbonyl (C=O) groups is 1. The fourth-order valence-corrected chi connectivity index (χ4v) is 3.02. The highest BCUT2D eigenvalue weighted by Gasteiger charge is 2.13. The van der Waals surface area contributed by atoms with E-state index in [0.717, 1.165) is 11.3 Å². The third kappa shape index (κ3) is 3.98. The van der Waals surface area contributed by atoms with E-state index in [2.05, 4.69) is 10.3 Å². The van der Waals surface area contributed by atoms with E-state index < -0.39 is 10.0 Å². The van der Waals surface area contributed by atoms with Gasteiger partial charge in [-0.2, -0.15) is 0 Å². The number of primary sulfonamides is 1. The fourth-order valence-electron chi connectivity index (χ4n) is 2.51. The van der Waals surface area contributed by atoms with E-state index in [4.69, 9.17) is 5.14 Å². The van der Waals surface area contributed by atoms with Gasteiger partial charge in [0.1, 0.15) is 0 Å². The molecule has 134 valence electrons. The molecule has 0 radical (unpaired) electrons. The maximum absolute atomic E-state index is 12.4. The van der Waals surface area contributed by atoms with Gasteiger partial charge in [-0.25, -0.2) is 18.5 Å². The smallest absolute Gasteiger partial charge is 0.251 e. The Bertz CT molecular complexity index is 996. The summed E-state index contributed by atoms with van der Waals surface area (Å²) < 4.78 is 24.4. The number of carbonyl (C=O) groups excluding carboxylic acids is 1. The molecule has 1 heterocycles. The molecule has 0 bridgehead atoms. The van der Waals surface area contributed by atoms with E-state index >= 15 is 0 Å². The van der Waals surface area contributed by atoms with Gasteiger partial charge >= 0.3 is 0 Å². The van der Waals surface area contributed by atoms with Crippen LogP contribution in [0.3, 0.4) is 0 Å². The van der Waals surface area contributed by atoms with Gasteiger partial charge in [0, 0.05) is 23.6 Å². The Kier molecular flexibility index (Phi) is 4.88. The molecule has 0 fully saturated rings. The molecule has 1 aromatic heterocycles. The highest BCUT2D eigenvalue weighted by Crippen LogP contribution is 2.17. The number of sulfonamides is 1. The summed E-state index contributed by atoms with van der Waals surface area (Å²) in [5.74, 6) is -0.217. The molecule has 0 saturated heterocycles. The molecule has 0 aliphatic heterocycles. The number of imidazole rings is 1. The first-order valence-electron chi connectivity index (χ1n) is 7.86. The van der Waals surface area contributed by atoms with Gasteiger partial charge in [0.25, 0.3) is 5.91 Å². The van der Waals surface area contributed by atoms with Gasteiger partial charge in [0.2, 0.25) is 10.0 Å². The van der Waals surface area contributed by atoms with Crippen LogP contribution in [0.25, 0.3) is 5.69 Å². The van der Waals surface area contributed by atoms with Crippen LogP contribution >= 0.6 is 0 Å². The topological polar surface area (TPSA) is 107 Å². The standard InChI is InChI=1S/C18H18N4O3S/c1-13(14-4-8-17(9-5-14)26(19,24)25)21-18(23)15-2-6-16(7-3-15)22-11-10-20-12-22/h2-13H,1H3,(H,21,23)(H2,19,24,25). The normalized spacial score (nSPS) is 12.5. The van der Waals surface area contributed by atoms with Gasteiger partial charge in [-0.05, 0) is 48.9 Å². The van der Waals surface area contributed by atoms with Crippen LogP contribution in [0, 0.1) is 0 Å². The zero-order valence-electron chi connectivity index (χ0n) is 14.0. The maximum Gasteiger partial charge on any atom is 0.251 e. The molecular weight excluding hydrogens is 352 g/mol. The molecule has 3 rings (SSSR count). The van der Waals surface area contributed by atoms with Crippen molar-refractivity contribution in [1.29, 1.82) is 0 Å². The lowest BCUT2D eigenvalue weighted by atomic mass is 10.1. The third-order valence-electron chi connectivity index (χ3n) is 3.99. The monoisotopic (exact) mass is 370 g/mol. The van der Waals surface area contributed by atoms with Crippen molar-refractivity contribution in [3.05, 3.63) is 78.4 Å². The molecule has 26 heavy (non-hydrogen) atoms. The summed E-state index contributed by atoms with van der Waals surface area (Å²) in [6, 6.07) is 13.0. The second-order valence-corrected chi connectivity index (χ2v) is 7.39. The average Bonchev–Trinajstić information content (AvgIpc) is 3.16. The molecule has 1 atom stereocenters. The van der Waals surface area contributed by atoms with Crippen molar-refractivity contribution in [3.63, 3.8) is 0 Å². The number of hydrogen-bond acceptors (Lipinski definition) is 4. The summed E-state index contributed by atoms with van der Waals surface area (Å²) in [6.45, 7) is 1.82. The zero-order chi connectivity index (χ0) is 18.7. The van der Waals surface area contributed by atoms with Crippen molar-refractivity contribution < 1.29 is 13.2 Å². The Morgan fingerprint density at radius 1 is 1.12 bits per heavy atom. The van der Waals surface area contributed by atoms with Crippen LogP contribution in [0.15, 0.2) is 72.1 Å². The molecule has 3 N–H and O–H groups in total. The molecule has 7 nitrogen and oxygen atoms in total. The van der Waals surface area contributed by atoms with Crippen LogP contribution < -0.4 is 10.5 Å². The Labute approximate surface area is 151 Å². The maximum atomic E-state index is 12.4. The predicted octanol–water partition coefficient (Wildman–Crippen LogP) is 2.01. The van der Waals surface area contributed by atoms with E-state index in [0.29, 0.717) is 5.56 Å². The summed E-state index contributed by atoms with van der Waals surface area (Å²) in [7, 11) is -3.73. The number of benzene rings is 2. The molecule has 1 amide bonds. The Morgan fingerprint density at radius 3 is 2.31 bits per heavy atom. The zero-order valence-corrected chi connectivity index (χ0v) is 14.8. The lowest BCUT2D eigenvalue weighted by Gasteiger charge is -2.15. The second-order valence-electron chi connectivity index (χ2n) is 5.83. The van der Waals surface area contributed by atoms with Crippen molar-refractivity contribution >= 4 is 15.9 Å². The van der Waals surface area contributed by atoms with Gasteiger partial charge in [-0.3, -0.25) is 4.79 Å². The number of nitrogens with two attached hydrogens (primary N) is 1. The first kappa shape index (κ1) is 17.8. The number of hydrogen-bond donors (Lipinski definition) is 2. The minimum absolute atomic E-state index is 0.0369. The van der Waals surface area contributed by atoms with E-state index in [1.807, 2.05) is 29.8 Å². The minimum Gasteiger partial charge on any atom is -0.346 e. The molecule has 3 aromatic rings. The van der Waals surface area contributed by atoms with Gasteiger partial charge in [0.15, 0.2) is 0 Å². The molecular formula is C18H18N4O3S. The van der Waals surface area contributed by atoms with E-state index in [1.165, 1.54) is 12.1 Å². The predicted molar refractivity (Wildman–Crippen MR) is 97.3 cm³/mol. The first-order chi connectivity index (χ1) is 12.3. The summed E-state index contributed by atoms with van der Waals surface area (Å²) in [5.41, 5.74) is 2.22. The summed E-state index contributed by atoms with van der Waals surface area (Å²) in [4.78, 5) is 16.4. The van der Waals surface area contributed by atoms with Gasteiger partial charge in [0.05, 0.1) is 17.3 Å². The Hall–Kier alpha value is -2.97. The third-order valence-corrected chi connectivity index (χ3v) is 4.92. The lowest BCUT2D eigenvalue weighted by molar-refractivity contribution is 0.0940. The van der Waals surface area contributed by atoms with Crippen molar-refractivity contribution in [2.45, 2.75) is 17.9 Å². The minimum atomic E-state index is -3.73. The molecule has 2 aromatic carbocycles. The molecule has 0 spiro atoms. The largest absolute Gasteiger partial charge is 0.346 e. The van der Waals surface area contributed by atoms with E-state index in [9.17, 15) is 13.2 Å². The number of nitrogens with zero attached hydrogens (tertiary/aromatic N) is 2. The van der Waals surface area contributed by atoms with Crippen LogP contribution in [-0.4, -0.2) is 23.9 Å². The van der Waals surface area contributed by atoms with Crippen molar-refractivity contribution in [3.8, 4) is 5.69 Å². The summed E-state index contributed by atoms with van der Waals surface area (Å²) in [6.07, 6.45) is 5.19. The van der Waals surface area contributed by atoms with Gasteiger partial charge in [-0.1, -0.05) is 12.1 Å². The van der Waals surface area contributed by atoms with Gasteiger partial charge in [-0.15, -0.1) is 0 Å². The number of nitrogens with one attached hydrogen (secondary N) is 1. The number of aromatic nitrogens is 2. The van der Waals surface area contributed by atoms with Crippen LogP contribution in [-0.2, 0) is 10.0 Å². The molecule has 1 unspecified atom stereocenters. The Morgan fingerprint density at radius 2 is 1.77 bits per heavy atom. The SMILES string of the molecule is CC(NC(=O)c1ccc(-n2ccnc2)cc1)c1ccc(S(N)(=O)=O)cc1.